The SMILES string of the molecule is Cn1c(C2CCC2)nc2cc(C(=O)N3CC=C(c4ccccc4)CC3)cc(NC(=O)[C@@H]3CCCO3)c21. The summed E-state index contributed by atoms with van der Waals surface area (Å²) >= 11 is 0. The van der Waals surface area contributed by atoms with E-state index in [2.05, 4.69) is 28.1 Å². The number of benzene rings is 2. The van der Waals surface area contributed by atoms with E-state index < -0.39 is 6.10 Å². The van der Waals surface area contributed by atoms with Crippen LogP contribution >= 0.6 is 0 Å². The second kappa shape index (κ2) is 9.54. The minimum Gasteiger partial charge on any atom is -0.368 e. The number of imidazole rings is 1. The van der Waals surface area contributed by atoms with Crippen molar-refractivity contribution in [3.8, 4) is 0 Å². The number of fused-ring (bicyclic) bond motifs is 1. The molecule has 186 valence electrons. The van der Waals surface area contributed by atoms with Crippen LogP contribution in [-0.2, 0) is 16.6 Å². The highest BCUT2D eigenvalue weighted by Crippen LogP contribution is 2.38. The first-order valence-electron chi connectivity index (χ1n) is 13.0. The van der Waals surface area contributed by atoms with Gasteiger partial charge in [-0.25, -0.2) is 4.98 Å². The first-order valence-corrected chi connectivity index (χ1v) is 13.0. The third kappa shape index (κ3) is 4.22. The summed E-state index contributed by atoms with van der Waals surface area (Å²) < 4.78 is 7.69. The monoisotopic (exact) mass is 484 g/mol. The number of anilines is 1. The molecular weight excluding hydrogens is 452 g/mol. The van der Waals surface area contributed by atoms with Crippen LogP contribution in [0.1, 0.15) is 66.2 Å². The number of ether oxygens (including phenoxy) is 1. The maximum Gasteiger partial charge on any atom is 0.254 e. The Morgan fingerprint density at radius 3 is 2.58 bits per heavy atom. The number of carbonyl (C=O) groups excluding carboxylic acids is 2. The number of aromatic nitrogens is 2. The highest BCUT2D eigenvalue weighted by atomic mass is 16.5. The number of aryl methyl sites for hydroxylation is 1. The molecule has 1 atom stereocenters. The first kappa shape index (κ1) is 23.0. The fraction of sp³-hybridized carbons (Fsp3) is 0.414. The molecule has 1 saturated carbocycles. The second-order valence-corrected chi connectivity index (χ2v) is 10.1. The van der Waals surface area contributed by atoms with Gasteiger partial charge in [0.15, 0.2) is 0 Å². The molecule has 3 heterocycles. The van der Waals surface area contributed by atoms with Gasteiger partial charge in [-0.1, -0.05) is 42.8 Å². The van der Waals surface area contributed by atoms with Crippen molar-refractivity contribution in [2.24, 2.45) is 7.05 Å². The summed E-state index contributed by atoms with van der Waals surface area (Å²) in [7, 11) is 2.01. The number of rotatable bonds is 5. The summed E-state index contributed by atoms with van der Waals surface area (Å²) in [5.74, 6) is 1.27. The summed E-state index contributed by atoms with van der Waals surface area (Å²) in [6.45, 7) is 1.83. The minimum absolute atomic E-state index is 0.0382. The molecule has 7 nitrogen and oxygen atoms in total. The smallest absolute Gasteiger partial charge is 0.254 e. The number of nitrogens with zero attached hydrogens (tertiary/aromatic N) is 3. The standard InChI is InChI=1S/C29H32N4O3/c1-32-26-23(30-27(32)21-9-5-10-21)17-22(18-24(26)31-28(34)25-11-6-16-36-25)29(35)33-14-12-20(13-15-33)19-7-3-2-4-8-19/h2-4,7-8,12,17-18,21,25H,5-6,9-11,13-16H2,1H3,(H,31,34)/t25-/m0/s1. The number of carbonyl (C=O) groups is 2. The van der Waals surface area contributed by atoms with E-state index in [4.69, 9.17) is 9.72 Å². The number of hydrogen-bond donors (Lipinski definition) is 1. The van der Waals surface area contributed by atoms with E-state index in [-0.39, 0.29) is 11.8 Å². The lowest BCUT2D eigenvalue weighted by atomic mass is 9.85. The Labute approximate surface area is 211 Å². The highest BCUT2D eigenvalue weighted by Gasteiger charge is 2.29. The molecule has 0 spiro atoms. The molecule has 1 N–H and O–H groups in total. The maximum absolute atomic E-state index is 13.6. The molecule has 2 aromatic carbocycles. The molecule has 0 unspecified atom stereocenters. The topological polar surface area (TPSA) is 76.5 Å². The number of nitrogens with one attached hydrogen (secondary N) is 1. The van der Waals surface area contributed by atoms with Crippen LogP contribution in [0.25, 0.3) is 16.6 Å². The van der Waals surface area contributed by atoms with Crippen LogP contribution in [0.4, 0.5) is 5.69 Å². The van der Waals surface area contributed by atoms with E-state index in [0.717, 1.165) is 49.0 Å². The van der Waals surface area contributed by atoms with Gasteiger partial charge in [-0.2, -0.15) is 0 Å². The Kier molecular flexibility index (Phi) is 6.09. The van der Waals surface area contributed by atoms with Crippen molar-refractivity contribution in [2.75, 3.05) is 25.0 Å². The van der Waals surface area contributed by atoms with Crippen molar-refractivity contribution >= 4 is 34.1 Å². The fourth-order valence-corrected chi connectivity index (χ4v) is 5.57. The van der Waals surface area contributed by atoms with Crippen LogP contribution in [0, 0.1) is 0 Å². The third-order valence-electron chi connectivity index (χ3n) is 7.84. The molecular formula is C29H32N4O3. The van der Waals surface area contributed by atoms with E-state index in [0.29, 0.717) is 36.9 Å². The molecule has 36 heavy (non-hydrogen) atoms. The maximum atomic E-state index is 13.6. The van der Waals surface area contributed by atoms with Crippen LogP contribution in [0.15, 0.2) is 48.5 Å². The molecule has 0 radical (unpaired) electrons. The molecule has 0 bridgehead atoms. The van der Waals surface area contributed by atoms with Crippen LogP contribution in [0.3, 0.4) is 0 Å². The predicted octanol–water partition coefficient (Wildman–Crippen LogP) is 4.89. The Balaban J connectivity index is 1.31. The van der Waals surface area contributed by atoms with Gasteiger partial charge < -0.3 is 19.5 Å². The van der Waals surface area contributed by atoms with Crippen molar-refractivity contribution in [2.45, 2.75) is 50.5 Å². The molecule has 1 aromatic heterocycles. The Morgan fingerprint density at radius 2 is 1.92 bits per heavy atom. The Morgan fingerprint density at radius 1 is 1.08 bits per heavy atom. The molecule has 3 aromatic rings. The Hall–Kier alpha value is -3.45. The minimum atomic E-state index is -0.442. The molecule has 2 amide bonds. The zero-order valence-electron chi connectivity index (χ0n) is 20.7. The summed E-state index contributed by atoms with van der Waals surface area (Å²) in [5, 5.41) is 3.08. The zero-order chi connectivity index (χ0) is 24.6. The van der Waals surface area contributed by atoms with Crippen molar-refractivity contribution in [1.29, 1.82) is 0 Å². The van der Waals surface area contributed by atoms with Gasteiger partial charge in [-0.15, -0.1) is 0 Å². The van der Waals surface area contributed by atoms with Gasteiger partial charge >= 0.3 is 0 Å². The van der Waals surface area contributed by atoms with Gasteiger partial charge in [0.2, 0.25) is 0 Å². The fourth-order valence-electron chi connectivity index (χ4n) is 5.57. The van der Waals surface area contributed by atoms with Crippen molar-refractivity contribution < 1.29 is 14.3 Å². The summed E-state index contributed by atoms with van der Waals surface area (Å²) in [5.41, 5.74) is 5.29. The largest absolute Gasteiger partial charge is 0.368 e. The molecule has 2 fully saturated rings. The van der Waals surface area contributed by atoms with E-state index in [9.17, 15) is 9.59 Å². The van der Waals surface area contributed by atoms with E-state index >= 15 is 0 Å². The summed E-state index contributed by atoms with van der Waals surface area (Å²) in [6.07, 6.45) is 7.60. The number of amides is 2. The quantitative estimate of drug-likeness (QED) is 0.560. The van der Waals surface area contributed by atoms with Gasteiger partial charge in [-0.3, -0.25) is 9.59 Å². The lowest BCUT2D eigenvalue weighted by Gasteiger charge is -2.27. The first-order chi connectivity index (χ1) is 17.6. The lowest BCUT2D eigenvalue weighted by Crippen LogP contribution is -2.34. The van der Waals surface area contributed by atoms with Crippen molar-refractivity contribution in [1.82, 2.24) is 14.5 Å². The molecule has 2 aliphatic heterocycles. The molecule has 7 heteroatoms. The van der Waals surface area contributed by atoms with E-state index in [1.165, 1.54) is 17.6 Å². The zero-order valence-corrected chi connectivity index (χ0v) is 20.7. The lowest BCUT2D eigenvalue weighted by molar-refractivity contribution is -0.124. The molecule has 1 aliphatic carbocycles. The van der Waals surface area contributed by atoms with Crippen LogP contribution in [0.2, 0.25) is 0 Å². The molecule has 3 aliphatic rings. The predicted molar refractivity (Wildman–Crippen MR) is 140 cm³/mol. The average molecular weight is 485 g/mol. The highest BCUT2D eigenvalue weighted by molar-refractivity contribution is 6.06. The Bertz CT molecular complexity index is 1330. The van der Waals surface area contributed by atoms with Crippen LogP contribution in [-0.4, -0.2) is 52.1 Å². The normalized spacial score (nSPS) is 20.3. The second-order valence-electron chi connectivity index (χ2n) is 10.1. The van der Waals surface area contributed by atoms with Gasteiger partial charge in [0, 0.05) is 38.2 Å². The number of hydrogen-bond acceptors (Lipinski definition) is 4. The van der Waals surface area contributed by atoms with Gasteiger partial charge in [-0.05, 0) is 55.4 Å². The van der Waals surface area contributed by atoms with E-state index in [1.807, 2.05) is 42.3 Å². The molecule has 6 rings (SSSR count). The van der Waals surface area contributed by atoms with Gasteiger partial charge in [0.1, 0.15) is 11.9 Å². The van der Waals surface area contributed by atoms with Crippen LogP contribution in [0.5, 0.6) is 0 Å². The average Bonchev–Trinajstić information content (AvgIpc) is 3.52. The summed E-state index contributed by atoms with van der Waals surface area (Å²) in [6, 6.07) is 14.0. The van der Waals surface area contributed by atoms with Crippen molar-refractivity contribution in [3.05, 3.63) is 65.5 Å². The summed E-state index contributed by atoms with van der Waals surface area (Å²) in [4.78, 5) is 33.4. The van der Waals surface area contributed by atoms with Crippen molar-refractivity contribution in [3.63, 3.8) is 0 Å². The van der Waals surface area contributed by atoms with E-state index in [1.54, 1.807) is 0 Å². The van der Waals surface area contributed by atoms with Gasteiger partial charge in [0.05, 0.1) is 16.7 Å². The molecule has 1 saturated heterocycles. The third-order valence-corrected chi connectivity index (χ3v) is 7.84. The van der Waals surface area contributed by atoms with Gasteiger partial charge in [0.25, 0.3) is 11.8 Å². The van der Waals surface area contributed by atoms with Crippen LogP contribution < -0.4 is 5.32 Å².